The van der Waals surface area contributed by atoms with Crippen LogP contribution in [0.4, 0.5) is 4.39 Å². The molecule has 0 bridgehead atoms. The van der Waals surface area contributed by atoms with Crippen LogP contribution in [0.15, 0.2) is 24.4 Å². The molecular formula is C14H13ClFNO. The summed E-state index contributed by atoms with van der Waals surface area (Å²) in [6.07, 6.45) is 1.36. The Kier molecular flexibility index (Phi) is 3.53. The fourth-order valence-electron chi connectivity index (χ4n) is 1.66. The smallest absolute Gasteiger partial charge is 0.255 e. The summed E-state index contributed by atoms with van der Waals surface area (Å²) in [6, 6.07) is 5.12. The van der Waals surface area contributed by atoms with Gasteiger partial charge in [-0.15, -0.1) is 0 Å². The topological polar surface area (TPSA) is 22.1 Å². The first-order valence-electron chi connectivity index (χ1n) is 5.54. The predicted octanol–water partition coefficient (Wildman–Crippen LogP) is 4.59. The van der Waals surface area contributed by atoms with E-state index in [4.69, 9.17) is 16.3 Å². The Morgan fingerprint density at radius 2 is 1.83 bits per heavy atom. The van der Waals surface area contributed by atoms with Crippen LogP contribution in [0.3, 0.4) is 0 Å². The van der Waals surface area contributed by atoms with E-state index in [0.717, 1.165) is 16.7 Å². The van der Waals surface area contributed by atoms with Crippen molar-refractivity contribution < 1.29 is 9.13 Å². The molecule has 0 aliphatic carbocycles. The fourth-order valence-corrected chi connectivity index (χ4v) is 1.80. The van der Waals surface area contributed by atoms with Crippen LogP contribution in [0, 0.1) is 26.6 Å². The van der Waals surface area contributed by atoms with E-state index in [1.54, 1.807) is 0 Å². The number of aryl methyl sites for hydroxylation is 2. The van der Waals surface area contributed by atoms with Gasteiger partial charge in [0.15, 0.2) is 5.82 Å². The molecule has 2 nitrogen and oxygen atoms in total. The summed E-state index contributed by atoms with van der Waals surface area (Å²) in [5.74, 6) is 0.0164. The maximum Gasteiger partial charge on any atom is 0.255 e. The summed E-state index contributed by atoms with van der Waals surface area (Å²) in [6.45, 7) is 5.83. The molecule has 94 valence electrons. The standard InChI is InChI=1S/C14H13ClFNO/c1-8-4-5-9(2)13(10(8)3)18-14-12(16)6-11(15)7-17-14/h4-7H,1-3H3. The Morgan fingerprint density at radius 3 is 2.50 bits per heavy atom. The Labute approximate surface area is 110 Å². The van der Waals surface area contributed by atoms with E-state index >= 15 is 0 Å². The molecule has 0 saturated heterocycles. The predicted molar refractivity (Wildman–Crippen MR) is 69.9 cm³/mol. The Balaban J connectivity index is 2.43. The molecule has 0 aliphatic rings. The van der Waals surface area contributed by atoms with Crippen molar-refractivity contribution in [3.8, 4) is 11.6 Å². The minimum absolute atomic E-state index is 0.0591. The molecule has 0 N–H and O–H groups in total. The zero-order valence-electron chi connectivity index (χ0n) is 10.4. The number of ether oxygens (including phenoxy) is 1. The molecule has 0 spiro atoms. The summed E-state index contributed by atoms with van der Waals surface area (Å²) in [5, 5.41) is 0.248. The van der Waals surface area contributed by atoms with Gasteiger partial charge in [-0.1, -0.05) is 23.7 Å². The van der Waals surface area contributed by atoms with Gasteiger partial charge < -0.3 is 4.74 Å². The van der Waals surface area contributed by atoms with Gasteiger partial charge in [-0.2, -0.15) is 0 Å². The number of hydrogen-bond acceptors (Lipinski definition) is 2. The summed E-state index contributed by atoms with van der Waals surface area (Å²) in [4.78, 5) is 3.86. The molecule has 0 amide bonds. The third-order valence-electron chi connectivity index (χ3n) is 2.85. The number of rotatable bonds is 2. The van der Waals surface area contributed by atoms with Crippen LogP contribution >= 0.6 is 11.6 Å². The lowest BCUT2D eigenvalue weighted by molar-refractivity contribution is 0.417. The second-order valence-electron chi connectivity index (χ2n) is 4.20. The highest BCUT2D eigenvalue weighted by atomic mass is 35.5. The maximum atomic E-state index is 13.6. The normalized spacial score (nSPS) is 10.5. The first kappa shape index (κ1) is 12.8. The van der Waals surface area contributed by atoms with E-state index in [2.05, 4.69) is 4.98 Å². The van der Waals surface area contributed by atoms with E-state index in [-0.39, 0.29) is 10.9 Å². The van der Waals surface area contributed by atoms with Crippen LogP contribution in [0.5, 0.6) is 11.6 Å². The Hall–Kier alpha value is -1.61. The minimum Gasteiger partial charge on any atom is -0.436 e. The van der Waals surface area contributed by atoms with Gasteiger partial charge in [0, 0.05) is 6.20 Å². The highest BCUT2D eigenvalue weighted by Crippen LogP contribution is 2.31. The molecule has 18 heavy (non-hydrogen) atoms. The van der Waals surface area contributed by atoms with Crippen molar-refractivity contribution in [2.45, 2.75) is 20.8 Å². The van der Waals surface area contributed by atoms with Crippen LogP contribution < -0.4 is 4.74 Å². The van der Waals surface area contributed by atoms with Gasteiger partial charge in [0.25, 0.3) is 5.88 Å². The number of nitrogens with zero attached hydrogens (tertiary/aromatic N) is 1. The molecule has 1 aromatic heterocycles. The number of aromatic nitrogens is 1. The largest absolute Gasteiger partial charge is 0.436 e. The van der Waals surface area contributed by atoms with E-state index in [1.165, 1.54) is 12.3 Å². The van der Waals surface area contributed by atoms with Gasteiger partial charge in [-0.25, -0.2) is 9.37 Å². The van der Waals surface area contributed by atoms with Crippen molar-refractivity contribution in [3.05, 3.63) is 51.9 Å². The lowest BCUT2D eigenvalue weighted by Gasteiger charge is -2.13. The third-order valence-corrected chi connectivity index (χ3v) is 3.05. The second-order valence-corrected chi connectivity index (χ2v) is 4.63. The molecular weight excluding hydrogens is 253 g/mol. The van der Waals surface area contributed by atoms with Crippen molar-refractivity contribution in [1.29, 1.82) is 0 Å². The molecule has 2 rings (SSSR count). The fraction of sp³-hybridized carbons (Fsp3) is 0.214. The number of pyridine rings is 1. The van der Waals surface area contributed by atoms with Crippen LogP contribution in [-0.2, 0) is 0 Å². The van der Waals surface area contributed by atoms with Crippen molar-refractivity contribution in [2.75, 3.05) is 0 Å². The summed E-state index contributed by atoms with van der Waals surface area (Å²) in [5.41, 5.74) is 3.00. The first-order valence-corrected chi connectivity index (χ1v) is 5.92. The first-order chi connectivity index (χ1) is 8.49. The molecule has 0 fully saturated rings. The molecule has 1 aromatic carbocycles. The second kappa shape index (κ2) is 4.94. The maximum absolute atomic E-state index is 13.6. The quantitative estimate of drug-likeness (QED) is 0.792. The lowest BCUT2D eigenvalue weighted by Crippen LogP contribution is -1.97. The van der Waals surface area contributed by atoms with Gasteiger partial charge in [0.05, 0.1) is 5.02 Å². The van der Waals surface area contributed by atoms with E-state index in [1.807, 2.05) is 32.9 Å². The van der Waals surface area contributed by atoms with Crippen molar-refractivity contribution in [2.24, 2.45) is 0 Å². The van der Waals surface area contributed by atoms with Gasteiger partial charge in [-0.3, -0.25) is 0 Å². The van der Waals surface area contributed by atoms with Crippen LogP contribution in [0.2, 0.25) is 5.02 Å². The molecule has 1 heterocycles. The average Bonchev–Trinajstić information content (AvgIpc) is 2.32. The monoisotopic (exact) mass is 265 g/mol. The van der Waals surface area contributed by atoms with Gasteiger partial charge in [-0.05, 0) is 43.5 Å². The number of hydrogen-bond donors (Lipinski definition) is 0. The van der Waals surface area contributed by atoms with Crippen molar-refractivity contribution >= 4 is 11.6 Å². The Bertz CT molecular complexity index is 599. The average molecular weight is 266 g/mol. The zero-order valence-corrected chi connectivity index (χ0v) is 11.2. The van der Waals surface area contributed by atoms with Crippen molar-refractivity contribution in [1.82, 2.24) is 4.98 Å². The van der Waals surface area contributed by atoms with Gasteiger partial charge >= 0.3 is 0 Å². The lowest BCUT2D eigenvalue weighted by atomic mass is 10.1. The summed E-state index contributed by atoms with van der Waals surface area (Å²) >= 11 is 5.65. The summed E-state index contributed by atoms with van der Waals surface area (Å²) < 4.78 is 19.2. The minimum atomic E-state index is -0.567. The molecule has 0 atom stereocenters. The zero-order chi connectivity index (χ0) is 13.3. The van der Waals surface area contributed by atoms with Crippen LogP contribution in [0.1, 0.15) is 16.7 Å². The van der Waals surface area contributed by atoms with E-state index in [9.17, 15) is 4.39 Å². The van der Waals surface area contributed by atoms with Crippen LogP contribution in [0.25, 0.3) is 0 Å². The molecule has 2 aromatic rings. The molecule has 0 aliphatic heterocycles. The summed E-state index contributed by atoms with van der Waals surface area (Å²) in [7, 11) is 0. The number of halogens is 2. The van der Waals surface area contributed by atoms with Crippen LogP contribution in [-0.4, -0.2) is 4.98 Å². The SMILES string of the molecule is Cc1ccc(C)c(Oc2ncc(Cl)cc2F)c1C. The van der Waals surface area contributed by atoms with Gasteiger partial charge in [0.1, 0.15) is 5.75 Å². The van der Waals surface area contributed by atoms with Gasteiger partial charge in [0.2, 0.25) is 0 Å². The highest BCUT2D eigenvalue weighted by molar-refractivity contribution is 6.30. The Morgan fingerprint density at radius 1 is 1.17 bits per heavy atom. The molecule has 0 saturated carbocycles. The molecule has 0 radical (unpaired) electrons. The third kappa shape index (κ3) is 2.46. The highest BCUT2D eigenvalue weighted by Gasteiger charge is 2.12. The van der Waals surface area contributed by atoms with E-state index < -0.39 is 5.82 Å². The van der Waals surface area contributed by atoms with Crippen molar-refractivity contribution in [3.63, 3.8) is 0 Å². The van der Waals surface area contributed by atoms with E-state index in [0.29, 0.717) is 5.75 Å². The number of benzene rings is 1. The molecule has 4 heteroatoms. The molecule has 0 unspecified atom stereocenters.